The fourth-order valence-electron chi connectivity index (χ4n) is 1.73. The van der Waals surface area contributed by atoms with E-state index in [1.165, 1.54) is 0 Å². The fraction of sp³-hybridized carbons (Fsp3) is 0.133. The number of hydrogen-bond donors (Lipinski definition) is 1. The number of ether oxygens (including phenoxy) is 2. The summed E-state index contributed by atoms with van der Waals surface area (Å²) in [5.41, 5.74) is 0.706. The van der Waals surface area contributed by atoms with E-state index in [4.69, 9.17) is 4.74 Å². The number of halogens is 3. The Morgan fingerprint density at radius 2 is 1.95 bits per heavy atom. The van der Waals surface area contributed by atoms with Crippen molar-refractivity contribution in [3.8, 4) is 5.75 Å². The Morgan fingerprint density at radius 3 is 2.59 bits per heavy atom. The molecule has 2 rings (SSSR count). The number of nitrogens with one attached hydrogen (secondary N) is 1. The first-order chi connectivity index (χ1) is 10.5. The molecule has 0 bridgehead atoms. The van der Waals surface area contributed by atoms with E-state index < -0.39 is 23.5 Å². The lowest BCUT2D eigenvalue weighted by molar-refractivity contribution is 0.155. The minimum absolute atomic E-state index is 0.0470. The lowest BCUT2D eigenvalue weighted by Gasteiger charge is -2.11. The van der Waals surface area contributed by atoms with Crippen LogP contribution in [0.3, 0.4) is 0 Å². The third-order valence-corrected chi connectivity index (χ3v) is 3.55. The summed E-state index contributed by atoms with van der Waals surface area (Å²) in [6, 6.07) is 9.97. The van der Waals surface area contributed by atoms with E-state index in [9.17, 15) is 13.6 Å². The molecule has 0 saturated heterocycles. The number of carbonyl (C=O) groups excluding carboxylic acids is 1. The zero-order valence-electron chi connectivity index (χ0n) is 11.5. The van der Waals surface area contributed by atoms with Gasteiger partial charge in [0.15, 0.2) is 17.4 Å². The number of benzene rings is 2. The van der Waals surface area contributed by atoms with E-state index in [1.54, 1.807) is 24.3 Å². The molecular formula is C15H12BrF2NO3. The number of hydrogen-bond acceptors (Lipinski definition) is 3. The zero-order chi connectivity index (χ0) is 16.1. The normalized spacial score (nSPS) is 10.2. The highest BCUT2D eigenvalue weighted by Gasteiger charge is 2.19. The van der Waals surface area contributed by atoms with Crippen molar-refractivity contribution in [2.24, 2.45) is 0 Å². The van der Waals surface area contributed by atoms with Gasteiger partial charge in [-0.25, -0.2) is 13.6 Å². The molecule has 0 heterocycles. The Morgan fingerprint density at radius 1 is 1.27 bits per heavy atom. The molecule has 116 valence electrons. The summed E-state index contributed by atoms with van der Waals surface area (Å²) in [7, 11) is 1.15. The molecule has 0 saturated carbocycles. The average molecular weight is 372 g/mol. The molecule has 1 N–H and O–H groups in total. The van der Waals surface area contributed by atoms with Gasteiger partial charge in [-0.15, -0.1) is 0 Å². The Labute approximate surface area is 134 Å². The molecule has 0 atom stereocenters. The standard InChI is InChI=1S/C15H12BrF2NO3/c1-21-14-10(17)7-11(12(16)13(14)18)19-15(20)22-8-9-5-3-2-4-6-9/h2-7H,8H2,1H3,(H,19,20). The van der Waals surface area contributed by atoms with E-state index >= 15 is 0 Å². The molecule has 1 amide bonds. The van der Waals surface area contributed by atoms with Crippen molar-refractivity contribution in [1.29, 1.82) is 0 Å². The van der Waals surface area contributed by atoms with Crippen LogP contribution in [0.25, 0.3) is 0 Å². The van der Waals surface area contributed by atoms with Gasteiger partial charge in [0.2, 0.25) is 0 Å². The average Bonchev–Trinajstić information content (AvgIpc) is 2.52. The van der Waals surface area contributed by atoms with Crippen LogP contribution in [0.4, 0.5) is 19.3 Å². The van der Waals surface area contributed by atoms with Gasteiger partial charge in [-0.05, 0) is 21.5 Å². The molecule has 2 aromatic rings. The Kier molecular flexibility index (Phi) is 5.32. The predicted octanol–water partition coefficient (Wildman–Crippen LogP) is 4.48. The fourth-order valence-corrected chi connectivity index (χ4v) is 2.12. The summed E-state index contributed by atoms with van der Waals surface area (Å²) in [6.45, 7) is 0.0470. The largest absolute Gasteiger partial charge is 0.491 e. The summed E-state index contributed by atoms with van der Waals surface area (Å²) >= 11 is 2.94. The van der Waals surface area contributed by atoms with Crippen molar-refractivity contribution in [3.63, 3.8) is 0 Å². The van der Waals surface area contributed by atoms with Crippen molar-refractivity contribution < 1.29 is 23.0 Å². The molecule has 0 aliphatic heterocycles. The first-order valence-electron chi connectivity index (χ1n) is 6.22. The Hall–Kier alpha value is -2.15. The van der Waals surface area contributed by atoms with Gasteiger partial charge in [-0.2, -0.15) is 0 Å². The summed E-state index contributed by atoms with van der Waals surface area (Å²) in [5.74, 6) is -2.41. The minimum atomic E-state index is -0.944. The summed E-state index contributed by atoms with van der Waals surface area (Å²) in [6.07, 6.45) is -0.825. The van der Waals surface area contributed by atoms with Gasteiger partial charge in [-0.3, -0.25) is 5.32 Å². The van der Waals surface area contributed by atoms with Crippen LogP contribution in [0.15, 0.2) is 40.9 Å². The first kappa shape index (κ1) is 16.2. The van der Waals surface area contributed by atoms with Crippen LogP contribution in [0.1, 0.15) is 5.56 Å². The van der Waals surface area contributed by atoms with Gasteiger partial charge in [-0.1, -0.05) is 30.3 Å². The van der Waals surface area contributed by atoms with Crippen LogP contribution in [0.2, 0.25) is 0 Å². The van der Waals surface area contributed by atoms with Crippen molar-refractivity contribution in [3.05, 3.63) is 58.1 Å². The lowest BCUT2D eigenvalue weighted by atomic mass is 10.2. The van der Waals surface area contributed by atoms with Gasteiger partial charge >= 0.3 is 6.09 Å². The van der Waals surface area contributed by atoms with Crippen molar-refractivity contribution in [2.75, 3.05) is 12.4 Å². The maximum absolute atomic E-state index is 13.8. The molecule has 0 fully saturated rings. The topological polar surface area (TPSA) is 47.6 Å². The van der Waals surface area contributed by atoms with Gasteiger partial charge in [0.1, 0.15) is 6.61 Å². The highest BCUT2D eigenvalue weighted by Crippen LogP contribution is 2.34. The van der Waals surface area contributed by atoms with E-state index in [1.807, 2.05) is 6.07 Å². The van der Waals surface area contributed by atoms with Gasteiger partial charge in [0.05, 0.1) is 17.3 Å². The quantitative estimate of drug-likeness (QED) is 0.805. The molecular weight excluding hydrogens is 360 g/mol. The second kappa shape index (κ2) is 7.22. The van der Waals surface area contributed by atoms with Crippen LogP contribution in [0, 0.1) is 11.6 Å². The lowest BCUT2D eigenvalue weighted by Crippen LogP contribution is -2.14. The number of methoxy groups -OCH3 is 1. The molecule has 0 spiro atoms. The smallest absolute Gasteiger partial charge is 0.411 e. The maximum atomic E-state index is 13.8. The summed E-state index contributed by atoms with van der Waals surface area (Å²) in [5, 5.41) is 2.27. The second-order valence-electron chi connectivity index (χ2n) is 4.25. The molecule has 7 heteroatoms. The molecule has 0 radical (unpaired) electrons. The monoisotopic (exact) mass is 371 g/mol. The second-order valence-corrected chi connectivity index (χ2v) is 5.05. The highest BCUT2D eigenvalue weighted by molar-refractivity contribution is 9.10. The summed E-state index contributed by atoms with van der Waals surface area (Å²) in [4.78, 5) is 11.7. The molecule has 0 unspecified atom stereocenters. The maximum Gasteiger partial charge on any atom is 0.411 e. The van der Waals surface area contributed by atoms with Crippen LogP contribution < -0.4 is 10.1 Å². The number of anilines is 1. The molecule has 0 aliphatic carbocycles. The highest BCUT2D eigenvalue weighted by atomic mass is 79.9. The summed E-state index contributed by atoms with van der Waals surface area (Å²) < 4.78 is 36.9. The van der Waals surface area contributed by atoms with Gasteiger partial charge in [0.25, 0.3) is 0 Å². The van der Waals surface area contributed by atoms with Gasteiger partial charge in [0, 0.05) is 6.07 Å². The van der Waals surface area contributed by atoms with E-state index in [2.05, 4.69) is 26.0 Å². The van der Waals surface area contributed by atoms with Crippen LogP contribution in [-0.2, 0) is 11.3 Å². The molecule has 22 heavy (non-hydrogen) atoms. The van der Waals surface area contributed by atoms with Crippen molar-refractivity contribution >= 4 is 27.7 Å². The van der Waals surface area contributed by atoms with Crippen molar-refractivity contribution in [2.45, 2.75) is 6.61 Å². The number of amides is 1. The zero-order valence-corrected chi connectivity index (χ0v) is 13.1. The Bertz CT molecular complexity index is 680. The first-order valence-corrected chi connectivity index (χ1v) is 7.01. The van der Waals surface area contributed by atoms with E-state index in [0.717, 1.165) is 18.7 Å². The SMILES string of the molecule is COc1c(F)cc(NC(=O)OCc2ccccc2)c(Br)c1F. The third kappa shape index (κ3) is 3.73. The molecule has 2 aromatic carbocycles. The molecule has 0 aliphatic rings. The third-order valence-electron chi connectivity index (χ3n) is 2.77. The Balaban J connectivity index is 2.06. The van der Waals surface area contributed by atoms with Crippen LogP contribution in [0.5, 0.6) is 5.75 Å². The van der Waals surface area contributed by atoms with E-state index in [0.29, 0.717) is 0 Å². The van der Waals surface area contributed by atoms with Crippen molar-refractivity contribution in [1.82, 2.24) is 0 Å². The predicted molar refractivity (Wildman–Crippen MR) is 80.9 cm³/mol. The molecule has 0 aromatic heterocycles. The number of rotatable bonds is 4. The number of carbonyl (C=O) groups is 1. The van der Waals surface area contributed by atoms with Gasteiger partial charge < -0.3 is 9.47 Å². The van der Waals surface area contributed by atoms with E-state index in [-0.39, 0.29) is 16.8 Å². The van der Waals surface area contributed by atoms with Crippen LogP contribution >= 0.6 is 15.9 Å². The molecule has 4 nitrogen and oxygen atoms in total. The van der Waals surface area contributed by atoms with Crippen LogP contribution in [-0.4, -0.2) is 13.2 Å². The minimum Gasteiger partial charge on any atom is -0.491 e.